The average Bonchev–Trinajstić information content (AvgIpc) is 2.86. The van der Waals surface area contributed by atoms with E-state index in [9.17, 15) is 8.42 Å². The van der Waals surface area contributed by atoms with Crippen LogP contribution in [0.5, 0.6) is 0 Å². The molecule has 8 heteroatoms. The maximum atomic E-state index is 12.2. The molecule has 1 aliphatic rings. The summed E-state index contributed by atoms with van der Waals surface area (Å²) in [7, 11) is -3.72. The fourth-order valence-electron chi connectivity index (χ4n) is 2.45. The first-order chi connectivity index (χ1) is 9.90. The largest absolute Gasteiger partial charge is 0.398 e. The van der Waals surface area contributed by atoms with Crippen LogP contribution in [0.4, 0.5) is 5.69 Å². The van der Waals surface area contributed by atoms with E-state index < -0.39 is 10.0 Å². The Balaban J connectivity index is 1.95. The quantitative estimate of drug-likeness (QED) is 0.609. The molecule has 2 rings (SSSR count). The smallest absolute Gasteiger partial charge is 0.244 e. The normalized spacial score (nSPS) is 16.5. The molecule has 21 heavy (non-hydrogen) atoms. The van der Waals surface area contributed by atoms with E-state index in [0.717, 1.165) is 26.1 Å². The molecule has 1 heterocycles. The van der Waals surface area contributed by atoms with Crippen molar-refractivity contribution in [2.45, 2.75) is 24.2 Å². The van der Waals surface area contributed by atoms with Crippen molar-refractivity contribution in [1.29, 1.82) is 0 Å². The van der Waals surface area contributed by atoms with Gasteiger partial charge in [-0.2, -0.15) is 0 Å². The van der Waals surface area contributed by atoms with E-state index in [1.54, 1.807) is 0 Å². The molecule has 0 atom stereocenters. The summed E-state index contributed by atoms with van der Waals surface area (Å²) in [6, 6.07) is 2.75. The number of likely N-dealkylation sites (tertiary alicyclic amines) is 1. The van der Waals surface area contributed by atoms with Crippen molar-refractivity contribution < 1.29 is 8.42 Å². The number of hydrogen-bond donors (Lipinski definition) is 2. The lowest BCUT2D eigenvalue weighted by Gasteiger charge is -2.15. The number of anilines is 1. The number of nitrogens with one attached hydrogen (secondary N) is 1. The number of nitrogens with two attached hydrogens (primary N) is 1. The third-order valence-electron chi connectivity index (χ3n) is 3.45. The molecule has 0 spiro atoms. The lowest BCUT2D eigenvalue weighted by atomic mass is 10.3. The standard InChI is InChI=1S/C13H19Cl2N3O2S/c14-10-8-11(15)13(12(16)9-10)21(19,20)17-4-3-7-18-5-1-2-6-18/h8-9,17H,1-7,16H2. The van der Waals surface area contributed by atoms with Gasteiger partial charge in [-0.25, -0.2) is 13.1 Å². The van der Waals surface area contributed by atoms with Crippen molar-refractivity contribution in [2.75, 3.05) is 31.9 Å². The second kappa shape index (κ2) is 7.15. The Kier molecular flexibility index (Phi) is 5.73. The second-order valence-corrected chi connectivity index (χ2v) is 7.65. The number of sulfonamides is 1. The van der Waals surface area contributed by atoms with Gasteiger partial charge in [0, 0.05) is 11.6 Å². The third kappa shape index (κ3) is 4.47. The Morgan fingerprint density at radius 3 is 2.52 bits per heavy atom. The molecule has 1 aromatic rings. The Hall–Kier alpha value is -0.530. The van der Waals surface area contributed by atoms with Crippen molar-refractivity contribution in [3.8, 4) is 0 Å². The fraction of sp³-hybridized carbons (Fsp3) is 0.538. The van der Waals surface area contributed by atoms with Gasteiger partial charge >= 0.3 is 0 Å². The van der Waals surface area contributed by atoms with Gasteiger partial charge in [-0.05, 0) is 51.0 Å². The van der Waals surface area contributed by atoms with Crippen LogP contribution in [-0.2, 0) is 10.0 Å². The average molecular weight is 352 g/mol. The predicted molar refractivity (Wildman–Crippen MR) is 86.4 cm³/mol. The van der Waals surface area contributed by atoms with E-state index in [2.05, 4.69) is 9.62 Å². The molecular formula is C13H19Cl2N3O2S. The first kappa shape index (κ1) is 16.8. The van der Waals surface area contributed by atoms with Gasteiger partial charge < -0.3 is 10.6 Å². The van der Waals surface area contributed by atoms with Crippen LogP contribution in [0.2, 0.25) is 10.0 Å². The zero-order valence-electron chi connectivity index (χ0n) is 11.6. The number of benzene rings is 1. The highest BCUT2D eigenvalue weighted by Crippen LogP contribution is 2.30. The molecule has 0 aliphatic carbocycles. The number of rotatable bonds is 6. The first-order valence-electron chi connectivity index (χ1n) is 6.87. The summed E-state index contributed by atoms with van der Waals surface area (Å²) in [5.74, 6) is 0. The van der Waals surface area contributed by atoms with E-state index >= 15 is 0 Å². The summed E-state index contributed by atoms with van der Waals surface area (Å²) in [6.07, 6.45) is 3.20. The van der Waals surface area contributed by atoms with Crippen LogP contribution < -0.4 is 10.5 Å². The van der Waals surface area contributed by atoms with Crippen molar-refractivity contribution in [1.82, 2.24) is 9.62 Å². The highest BCUT2D eigenvalue weighted by atomic mass is 35.5. The van der Waals surface area contributed by atoms with Crippen LogP contribution in [0.25, 0.3) is 0 Å². The second-order valence-electron chi connectivity index (χ2n) is 5.11. The minimum atomic E-state index is -3.72. The van der Waals surface area contributed by atoms with Crippen LogP contribution in [0.3, 0.4) is 0 Å². The van der Waals surface area contributed by atoms with E-state index in [4.69, 9.17) is 28.9 Å². The minimum Gasteiger partial charge on any atom is -0.398 e. The van der Waals surface area contributed by atoms with E-state index in [-0.39, 0.29) is 15.6 Å². The van der Waals surface area contributed by atoms with Crippen LogP contribution in [-0.4, -0.2) is 39.5 Å². The van der Waals surface area contributed by atoms with Gasteiger partial charge in [0.15, 0.2) is 0 Å². The summed E-state index contributed by atoms with van der Waals surface area (Å²) in [5, 5.41) is 0.345. The molecule has 0 unspecified atom stereocenters. The predicted octanol–water partition coefficient (Wildman–Crippen LogP) is 2.34. The van der Waals surface area contributed by atoms with Gasteiger partial charge in [0.25, 0.3) is 0 Å². The maximum Gasteiger partial charge on any atom is 0.244 e. The molecule has 118 valence electrons. The lowest BCUT2D eigenvalue weighted by molar-refractivity contribution is 0.334. The van der Waals surface area contributed by atoms with Crippen molar-refractivity contribution in [3.05, 3.63) is 22.2 Å². The summed E-state index contributed by atoms with van der Waals surface area (Å²) in [5.41, 5.74) is 5.77. The summed E-state index contributed by atoms with van der Waals surface area (Å²) < 4.78 is 27.0. The molecule has 1 saturated heterocycles. The molecule has 0 bridgehead atoms. The van der Waals surface area contributed by atoms with Crippen LogP contribution in [0.1, 0.15) is 19.3 Å². The molecule has 0 saturated carbocycles. The Morgan fingerprint density at radius 2 is 1.90 bits per heavy atom. The third-order valence-corrected chi connectivity index (χ3v) is 5.65. The van der Waals surface area contributed by atoms with E-state index in [1.807, 2.05) is 0 Å². The number of nitrogen functional groups attached to an aromatic ring is 1. The Morgan fingerprint density at radius 1 is 1.24 bits per heavy atom. The molecule has 1 fully saturated rings. The summed E-state index contributed by atoms with van der Waals surface area (Å²) in [4.78, 5) is 2.23. The number of halogens is 2. The monoisotopic (exact) mass is 351 g/mol. The number of nitrogens with zero attached hydrogens (tertiary/aromatic N) is 1. The lowest BCUT2D eigenvalue weighted by Crippen LogP contribution is -2.29. The van der Waals surface area contributed by atoms with Crippen molar-refractivity contribution >= 4 is 38.9 Å². The van der Waals surface area contributed by atoms with Crippen LogP contribution in [0, 0.1) is 0 Å². The fourth-order valence-corrected chi connectivity index (χ4v) is 4.51. The van der Waals surface area contributed by atoms with Gasteiger partial charge in [0.1, 0.15) is 4.90 Å². The molecule has 1 aromatic carbocycles. The van der Waals surface area contributed by atoms with Gasteiger partial charge in [-0.1, -0.05) is 23.2 Å². The SMILES string of the molecule is Nc1cc(Cl)cc(Cl)c1S(=O)(=O)NCCCN1CCCC1. The molecule has 0 aromatic heterocycles. The molecule has 0 radical (unpaired) electrons. The molecule has 5 nitrogen and oxygen atoms in total. The minimum absolute atomic E-state index is 0.0343. The van der Waals surface area contributed by atoms with Crippen molar-refractivity contribution in [2.24, 2.45) is 0 Å². The van der Waals surface area contributed by atoms with E-state index in [0.29, 0.717) is 11.6 Å². The van der Waals surface area contributed by atoms with Gasteiger partial charge in [0.05, 0.1) is 10.7 Å². The summed E-state index contributed by atoms with van der Waals surface area (Å²) >= 11 is 11.7. The summed E-state index contributed by atoms with van der Waals surface area (Å²) in [6.45, 7) is 3.45. The van der Waals surface area contributed by atoms with Gasteiger partial charge in [-0.3, -0.25) is 0 Å². The zero-order valence-corrected chi connectivity index (χ0v) is 13.9. The van der Waals surface area contributed by atoms with Gasteiger partial charge in [0.2, 0.25) is 10.0 Å². The van der Waals surface area contributed by atoms with Gasteiger partial charge in [-0.15, -0.1) is 0 Å². The van der Waals surface area contributed by atoms with E-state index in [1.165, 1.54) is 25.0 Å². The molecule has 1 aliphatic heterocycles. The maximum absolute atomic E-state index is 12.2. The van der Waals surface area contributed by atoms with Crippen LogP contribution >= 0.6 is 23.2 Å². The van der Waals surface area contributed by atoms with Crippen molar-refractivity contribution in [3.63, 3.8) is 0 Å². The molecular weight excluding hydrogens is 333 g/mol. The highest BCUT2D eigenvalue weighted by Gasteiger charge is 2.21. The Bertz CT molecular complexity index is 578. The molecule has 3 N–H and O–H groups in total. The Labute approximate surface area is 135 Å². The van der Waals surface area contributed by atoms with Crippen LogP contribution in [0.15, 0.2) is 17.0 Å². The first-order valence-corrected chi connectivity index (χ1v) is 9.10. The zero-order chi connectivity index (χ0) is 15.5. The highest BCUT2D eigenvalue weighted by molar-refractivity contribution is 7.89. The number of hydrogen-bond acceptors (Lipinski definition) is 4. The topological polar surface area (TPSA) is 75.4 Å². The molecule has 0 amide bonds.